The van der Waals surface area contributed by atoms with Gasteiger partial charge in [0.15, 0.2) is 5.82 Å². The molecule has 0 aliphatic rings. The summed E-state index contributed by atoms with van der Waals surface area (Å²) < 4.78 is 0. The Labute approximate surface area is 93.2 Å². The van der Waals surface area contributed by atoms with Gasteiger partial charge in [-0.25, -0.2) is 4.98 Å². The van der Waals surface area contributed by atoms with Gasteiger partial charge in [-0.2, -0.15) is 10.4 Å². The predicted octanol–water partition coefficient (Wildman–Crippen LogP) is 1.50. The molecule has 16 heavy (non-hydrogen) atoms. The first-order valence-corrected chi connectivity index (χ1v) is 5.06. The van der Waals surface area contributed by atoms with Crippen molar-refractivity contribution < 1.29 is 0 Å². The van der Waals surface area contributed by atoms with Gasteiger partial charge in [0.2, 0.25) is 0 Å². The minimum atomic E-state index is 0.250. The molecule has 2 aromatic heterocycles. The molecule has 80 valence electrons. The lowest BCUT2D eigenvalue weighted by Crippen LogP contribution is -1.90. The first-order valence-electron chi connectivity index (χ1n) is 5.06. The monoisotopic (exact) mass is 213 g/mol. The van der Waals surface area contributed by atoms with Crippen LogP contribution in [-0.2, 0) is 12.8 Å². The standard InChI is InChI=1S/C11H11N5/c1-2-8-7-13-6-4-9(8)11-14-10(3-5-12)15-16-11/h4,6-7H,2-3H2,1H3,(H,14,15,16). The maximum absolute atomic E-state index is 8.55. The summed E-state index contributed by atoms with van der Waals surface area (Å²) in [6.07, 6.45) is 4.66. The number of nitrogens with one attached hydrogen (secondary N) is 1. The largest absolute Gasteiger partial charge is 0.264 e. The highest BCUT2D eigenvalue weighted by molar-refractivity contribution is 5.58. The molecule has 0 spiro atoms. The van der Waals surface area contributed by atoms with Gasteiger partial charge in [0, 0.05) is 18.0 Å². The molecule has 0 fully saturated rings. The molecule has 0 saturated carbocycles. The SMILES string of the molecule is CCc1cnccc1-c1n[nH]c(CC#N)n1. The summed E-state index contributed by atoms with van der Waals surface area (Å²) in [5, 5.41) is 15.4. The zero-order valence-corrected chi connectivity index (χ0v) is 8.94. The molecular formula is C11H11N5. The number of H-pyrrole nitrogens is 1. The van der Waals surface area contributed by atoms with E-state index in [9.17, 15) is 0 Å². The van der Waals surface area contributed by atoms with E-state index in [1.165, 1.54) is 0 Å². The molecule has 0 bridgehead atoms. The Bertz CT molecular complexity index is 523. The van der Waals surface area contributed by atoms with Crippen molar-refractivity contribution in [1.29, 1.82) is 5.26 Å². The van der Waals surface area contributed by atoms with Crippen molar-refractivity contribution in [3.63, 3.8) is 0 Å². The van der Waals surface area contributed by atoms with Gasteiger partial charge < -0.3 is 0 Å². The summed E-state index contributed by atoms with van der Waals surface area (Å²) in [7, 11) is 0. The second-order valence-corrected chi connectivity index (χ2v) is 3.33. The van der Waals surface area contributed by atoms with E-state index in [2.05, 4.69) is 27.1 Å². The highest BCUT2D eigenvalue weighted by atomic mass is 15.2. The Morgan fingerprint density at radius 2 is 2.38 bits per heavy atom. The summed E-state index contributed by atoms with van der Waals surface area (Å²) >= 11 is 0. The number of aryl methyl sites for hydroxylation is 1. The molecule has 2 rings (SSSR count). The van der Waals surface area contributed by atoms with Crippen LogP contribution in [0.15, 0.2) is 18.5 Å². The third-order valence-corrected chi connectivity index (χ3v) is 2.30. The topological polar surface area (TPSA) is 78.2 Å². The number of hydrogen-bond acceptors (Lipinski definition) is 4. The molecule has 0 aliphatic carbocycles. The Kier molecular flexibility index (Phi) is 2.92. The minimum Gasteiger partial charge on any atom is -0.264 e. The lowest BCUT2D eigenvalue weighted by atomic mass is 10.1. The molecule has 0 amide bonds. The highest BCUT2D eigenvalue weighted by Gasteiger charge is 2.09. The second-order valence-electron chi connectivity index (χ2n) is 3.33. The van der Waals surface area contributed by atoms with E-state index in [0.29, 0.717) is 11.6 Å². The average Bonchev–Trinajstić information content (AvgIpc) is 2.78. The lowest BCUT2D eigenvalue weighted by molar-refractivity contribution is 0.995. The molecule has 0 atom stereocenters. The number of hydrogen-bond donors (Lipinski definition) is 1. The molecule has 2 heterocycles. The number of aromatic nitrogens is 4. The van der Waals surface area contributed by atoms with Crippen molar-refractivity contribution in [3.05, 3.63) is 29.8 Å². The molecule has 0 aromatic carbocycles. The number of nitrogens with zero attached hydrogens (tertiary/aromatic N) is 4. The van der Waals surface area contributed by atoms with E-state index >= 15 is 0 Å². The van der Waals surface area contributed by atoms with E-state index in [1.54, 1.807) is 6.20 Å². The summed E-state index contributed by atoms with van der Waals surface area (Å²) in [6, 6.07) is 3.92. The van der Waals surface area contributed by atoms with Crippen molar-refractivity contribution in [2.75, 3.05) is 0 Å². The zero-order valence-electron chi connectivity index (χ0n) is 8.94. The van der Waals surface area contributed by atoms with Crippen molar-refractivity contribution in [1.82, 2.24) is 20.2 Å². The van der Waals surface area contributed by atoms with Crippen molar-refractivity contribution >= 4 is 0 Å². The third-order valence-electron chi connectivity index (χ3n) is 2.30. The fourth-order valence-corrected chi connectivity index (χ4v) is 1.50. The maximum atomic E-state index is 8.55. The van der Waals surface area contributed by atoms with Gasteiger partial charge in [-0.05, 0) is 18.1 Å². The zero-order chi connectivity index (χ0) is 11.4. The van der Waals surface area contributed by atoms with Crippen LogP contribution in [0.25, 0.3) is 11.4 Å². The Morgan fingerprint density at radius 3 is 3.12 bits per heavy atom. The van der Waals surface area contributed by atoms with Crippen LogP contribution in [-0.4, -0.2) is 20.2 Å². The fourth-order valence-electron chi connectivity index (χ4n) is 1.50. The molecule has 5 nitrogen and oxygen atoms in total. The fraction of sp³-hybridized carbons (Fsp3) is 0.273. The summed E-state index contributed by atoms with van der Waals surface area (Å²) in [4.78, 5) is 8.33. The van der Waals surface area contributed by atoms with Gasteiger partial charge in [-0.15, -0.1) is 0 Å². The summed E-state index contributed by atoms with van der Waals surface area (Å²) in [6.45, 7) is 2.06. The van der Waals surface area contributed by atoms with E-state index in [0.717, 1.165) is 17.5 Å². The Morgan fingerprint density at radius 1 is 1.50 bits per heavy atom. The van der Waals surface area contributed by atoms with Crippen molar-refractivity contribution in [2.45, 2.75) is 19.8 Å². The number of aromatic amines is 1. The normalized spacial score (nSPS) is 10.0. The molecule has 0 unspecified atom stereocenters. The number of rotatable bonds is 3. The van der Waals surface area contributed by atoms with Crippen molar-refractivity contribution in [2.24, 2.45) is 0 Å². The van der Waals surface area contributed by atoms with E-state index < -0.39 is 0 Å². The molecule has 1 N–H and O–H groups in total. The van der Waals surface area contributed by atoms with Crippen LogP contribution < -0.4 is 0 Å². The predicted molar refractivity (Wildman–Crippen MR) is 58.3 cm³/mol. The van der Waals surface area contributed by atoms with Gasteiger partial charge in [-0.3, -0.25) is 10.1 Å². The molecule has 2 aromatic rings. The van der Waals surface area contributed by atoms with E-state index in [4.69, 9.17) is 5.26 Å². The molecule has 0 aliphatic heterocycles. The van der Waals surface area contributed by atoms with Gasteiger partial charge in [0.05, 0.1) is 12.5 Å². The van der Waals surface area contributed by atoms with Gasteiger partial charge in [0.25, 0.3) is 0 Å². The smallest absolute Gasteiger partial charge is 0.181 e. The summed E-state index contributed by atoms with van der Waals surface area (Å²) in [5.74, 6) is 1.22. The van der Waals surface area contributed by atoms with Crippen LogP contribution in [0.2, 0.25) is 0 Å². The van der Waals surface area contributed by atoms with E-state index in [1.807, 2.05) is 18.3 Å². The summed E-state index contributed by atoms with van der Waals surface area (Å²) in [5.41, 5.74) is 2.07. The average molecular weight is 213 g/mol. The highest BCUT2D eigenvalue weighted by Crippen LogP contribution is 2.19. The van der Waals surface area contributed by atoms with E-state index in [-0.39, 0.29) is 6.42 Å². The van der Waals surface area contributed by atoms with Crippen LogP contribution in [0.4, 0.5) is 0 Å². The maximum Gasteiger partial charge on any atom is 0.181 e. The Balaban J connectivity index is 2.39. The van der Waals surface area contributed by atoms with Crippen LogP contribution in [0.5, 0.6) is 0 Å². The van der Waals surface area contributed by atoms with Crippen LogP contribution >= 0.6 is 0 Å². The minimum absolute atomic E-state index is 0.250. The van der Waals surface area contributed by atoms with Crippen LogP contribution in [0, 0.1) is 11.3 Å². The first-order chi connectivity index (χ1) is 7.85. The van der Waals surface area contributed by atoms with Gasteiger partial charge >= 0.3 is 0 Å². The third kappa shape index (κ3) is 1.91. The molecule has 0 radical (unpaired) electrons. The lowest BCUT2D eigenvalue weighted by Gasteiger charge is -2.01. The molecular weight excluding hydrogens is 202 g/mol. The second kappa shape index (κ2) is 4.53. The van der Waals surface area contributed by atoms with Gasteiger partial charge in [0.1, 0.15) is 5.82 Å². The van der Waals surface area contributed by atoms with Crippen LogP contribution in [0.1, 0.15) is 18.3 Å². The number of pyridine rings is 1. The van der Waals surface area contributed by atoms with Crippen LogP contribution in [0.3, 0.4) is 0 Å². The molecule has 0 saturated heterocycles. The number of nitriles is 1. The van der Waals surface area contributed by atoms with Gasteiger partial charge in [-0.1, -0.05) is 6.92 Å². The van der Waals surface area contributed by atoms with Crippen molar-refractivity contribution in [3.8, 4) is 17.5 Å². The molecule has 5 heteroatoms. The quantitative estimate of drug-likeness (QED) is 0.837. The first kappa shape index (κ1) is 10.3. The Hall–Kier alpha value is -2.22.